The molecular weight excluding hydrogens is 516 g/mol. The van der Waals surface area contributed by atoms with Crippen molar-refractivity contribution in [2.45, 2.75) is 26.3 Å². The Morgan fingerprint density at radius 2 is 1.93 bits per heavy atom. The summed E-state index contributed by atoms with van der Waals surface area (Å²) in [7, 11) is 0. The topological polar surface area (TPSA) is 110 Å². The minimum Gasteiger partial charge on any atom is -0.352 e. The Labute approximate surface area is 236 Å². The molecule has 9 heteroatoms. The highest BCUT2D eigenvalue weighted by molar-refractivity contribution is 6.01. The molecule has 2 aromatic carbocycles. The molecule has 0 radical (unpaired) electrons. The number of pyridine rings is 1. The summed E-state index contributed by atoms with van der Waals surface area (Å²) in [6.45, 7) is 7.41. The quantitative estimate of drug-likeness (QED) is 0.184. The van der Waals surface area contributed by atoms with Gasteiger partial charge in [0, 0.05) is 42.3 Å². The van der Waals surface area contributed by atoms with Crippen LogP contribution >= 0.6 is 0 Å². The fraction of sp³-hybridized carbons (Fsp3) is 0.156. The number of benzene rings is 2. The van der Waals surface area contributed by atoms with E-state index < -0.39 is 6.04 Å². The molecule has 9 nitrogen and oxygen atoms in total. The number of para-hydroxylation sites is 1. The SMILES string of the molecule is C=CC(=O)NCCC#Cc1cccc2cc([C@@H](C)NC(=O)c3c(C)ncn4ccnc34)n(-c3ccccc3)c(=O)c12. The number of aromatic nitrogens is 4. The highest BCUT2D eigenvalue weighted by Crippen LogP contribution is 2.24. The second-order valence-electron chi connectivity index (χ2n) is 9.42. The smallest absolute Gasteiger partial charge is 0.264 e. The molecule has 0 saturated carbocycles. The molecule has 0 aliphatic rings. The summed E-state index contributed by atoms with van der Waals surface area (Å²) in [5, 5.41) is 6.92. The Morgan fingerprint density at radius 1 is 1.12 bits per heavy atom. The summed E-state index contributed by atoms with van der Waals surface area (Å²) in [5.41, 5.74) is 3.05. The van der Waals surface area contributed by atoms with Crippen LogP contribution in [0.5, 0.6) is 0 Å². The fourth-order valence-electron chi connectivity index (χ4n) is 4.71. The first kappa shape index (κ1) is 27.1. The number of hydrogen-bond donors (Lipinski definition) is 2. The van der Waals surface area contributed by atoms with Gasteiger partial charge in [0.05, 0.1) is 17.1 Å². The van der Waals surface area contributed by atoms with Gasteiger partial charge in [-0.05, 0) is 49.6 Å². The average Bonchev–Trinajstić information content (AvgIpc) is 3.45. The zero-order valence-corrected chi connectivity index (χ0v) is 22.7. The van der Waals surface area contributed by atoms with Gasteiger partial charge in [-0.2, -0.15) is 0 Å². The Balaban J connectivity index is 1.56. The van der Waals surface area contributed by atoms with Crippen LogP contribution < -0.4 is 16.2 Å². The predicted molar refractivity (Wildman–Crippen MR) is 158 cm³/mol. The first-order valence-electron chi connectivity index (χ1n) is 13.1. The first-order chi connectivity index (χ1) is 19.9. The fourth-order valence-corrected chi connectivity index (χ4v) is 4.71. The predicted octanol–water partition coefficient (Wildman–Crippen LogP) is 3.88. The number of fused-ring (bicyclic) bond motifs is 2. The van der Waals surface area contributed by atoms with Gasteiger partial charge in [-0.3, -0.25) is 23.4 Å². The average molecular weight is 545 g/mol. The third kappa shape index (κ3) is 5.49. The monoisotopic (exact) mass is 544 g/mol. The molecule has 5 aromatic rings. The van der Waals surface area contributed by atoms with Crippen LogP contribution in [0.1, 0.15) is 46.7 Å². The van der Waals surface area contributed by atoms with Crippen molar-refractivity contribution in [3.63, 3.8) is 0 Å². The summed E-state index contributed by atoms with van der Waals surface area (Å²) < 4.78 is 3.31. The minimum atomic E-state index is -0.544. The van der Waals surface area contributed by atoms with Crippen LogP contribution in [0.15, 0.2) is 90.8 Å². The van der Waals surface area contributed by atoms with Crippen molar-refractivity contribution >= 4 is 28.2 Å². The molecule has 0 bridgehead atoms. The van der Waals surface area contributed by atoms with E-state index in [1.54, 1.807) is 40.7 Å². The molecule has 0 aliphatic heterocycles. The van der Waals surface area contributed by atoms with Crippen LogP contribution in [0.3, 0.4) is 0 Å². The van der Waals surface area contributed by atoms with Crippen molar-refractivity contribution in [3.05, 3.63) is 119 Å². The van der Waals surface area contributed by atoms with Crippen molar-refractivity contribution in [2.75, 3.05) is 6.54 Å². The number of aryl methyl sites for hydroxylation is 1. The van der Waals surface area contributed by atoms with Gasteiger partial charge in [-0.15, -0.1) is 0 Å². The van der Waals surface area contributed by atoms with Crippen molar-refractivity contribution in [3.8, 4) is 17.5 Å². The summed E-state index contributed by atoms with van der Waals surface area (Å²) >= 11 is 0. The number of hydrogen-bond acceptors (Lipinski definition) is 5. The van der Waals surface area contributed by atoms with Crippen LogP contribution in [0.25, 0.3) is 22.1 Å². The first-order valence-corrected chi connectivity index (χ1v) is 13.1. The largest absolute Gasteiger partial charge is 0.352 e. The lowest BCUT2D eigenvalue weighted by Gasteiger charge is -2.21. The number of nitrogens with one attached hydrogen (secondary N) is 2. The van der Waals surface area contributed by atoms with Crippen molar-refractivity contribution in [1.29, 1.82) is 0 Å². The maximum absolute atomic E-state index is 14.1. The molecule has 41 heavy (non-hydrogen) atoms. The van der Waals surface area contributed by atoms with E-state index in [-0.39, 0.29) is 17.4 Å². The Hall–Kier alpha value is -5.49. The van der Waals surface area contributed by atoms with Gasteiger partial charge < -0.3 is 10.6 Å². The normalized spacial score (nSPS) is 11.5. The molecule has 2 amide bonds. The molecule has 0 saturated heterocycles. The lowest BCUT2D eigenvalue weighted by molar-refractivity contribution is -0.116. The zero-order chi connectivity index (χ0) is 28.9. The number of rotatable bonds is 7. The highest BCUT2D eigenvalue weighted by atomic mass is 16.2. The van der Waals surface area contributed by atoms with Crippen LogP contribution in [-0.4, -0.2) is 37.3 Å². The molecule has 5 rings (SSSR count). The third-order valence-electron chi connectivity index (χ3n) is 6.70. The summed E-state index contributed by atoms with van der Waals surface area (Å²) in [6, 6.07) is 16.2. The van der Waals surface area contributed by atoms with Gasteiger partial charge in [0.15, 0.2) is 5.65 Å². The van der Waals surface area contributed by atoms with Gasteiger partial charge in [0.25, 0.3) is 11.5 Å². The maximum Gasteiger partial charge on any atom is 0.264 e. The van der Waals surface area contributed by atoms with E-state index in [1.807, 2.05) is 55.5 Å². The van der Waals surface area contributed by atoms with Crippen LogP contribution in [-0.2, 0) is 4.79 Å². The Kier molecular flexibility index (Phi) is 7.74. The molecule has 1 atom stereocenters. The van der Waals surface area contributed by atoms with Gasteiger partial charge in [-0.25, -0.2) is 9.97 Å². The van der Waals surface area contributed by atoms with E-state index in [4.69, 9.17) is 0 Å². The van der Waals surface area contributed by atoms with Gasteiger partial charge in [0.1, 0.15) is 11.9 Å². The van der Waals surface area contributed by atoms with E-state index in [9.17, 15) is 14.4 Å². The van der Waals surface area contributed by atoms with E-state index in [2.05, 4.69) is 39.0 Å². The molecular formula is C32H28N6O3. The van der Waals surface area contributed by atoms with E-state index in [0.717, 1.165) is 0 Å². The minimum absolute atomic E-state index is 0.247. The number of carbonyl (C=O) groups is 2. The van der Waals surface area contributed by atoms with Gasteiger partial charge in [0.2, 0.25) is 5.91 Å². The van der Waals surface area contributed by atoms with Crippen LogP contribution in [0.4, 0.5) is 0 Å². The molecule has 3 heterocycles. The molecule has 0 aliphatic carbocycles. The standard InChI is InChI=1S/C32H28N6O3/c1-4-27(39)33-16-9-8-11-23-12-10-13-24-19-26(38(32(41)29(23)24)25-14-6-5-7-15-25)21(2)36-31(40)28-22(3)35-20-37-18-17-34-30(28)37/h4-7,10,12-15,17-21H,1,9,16H2,2-3H3,(H,33,39)(H,36,40)/t21-/m1/s1. The second-order valence-corrected chi connectivity index (χ2v) is 9.42. The Bertz CT molecular complexity index is 1910. The van der Waals surface area contributed by atoms with Crippen molar-refractivity contribution < 1.29 is 9.59 Å². The second kappa shape index (κ2) is 11.7. The van der Waals surface area contributed by atoms with Crippen LogP contribution in [0.2, 0.25) is 0 Å². The number of amides is 2. The van der Waals surface area contributed by atoms with E-state index in [0.29, 0.717) is 57.6 Å². The van der Waals surface area contributed by atoms with E-state index >= 15 is 0 Å². The summed E-state index contributed by atoms with van der Waals surface area (Å²) in [6.07, 6.45) is 6.59. The van der Waals surface area contributed by atoms with Crippen molar-refractivity contribution in [2.24, 2.45) is 0 Å². The van der Waals surface area contributed by atoms with Gasteiger partial charge >= 0.3 is 0 Å². The third-order valence-corrected chi connectivity index (χ3v) is 6.70. The van der Waals surface area contributed by atoms with Crippen molar-refractivity contribution in [1.82, 2.24) is 29.6 Å². The molecule has 2 N–H and O–H groups in total. The number of imidazole rings is 1. The molecule has 0 fully saturated rings. The van der Waals surface area contributed by atoms with E-state index in [1.165, 1.54) is 6.08 Å². The maximum atomic E-state index is 14.1. The lowest BCUT2D eigenvalue weighted by atomic mass is 10.0. The van der Waals surface area contributed by atoms with Crippen LogP contribution in [0, 0.1) is 18.8 Å². The molecule has 0 unspecified atom stereocenters. The molecule has 204 valence electrons. The number of nitrogens with zero attached hydrogens (tertiary/aromatic N) is 4. The zero-order valence-electron chi connectivity index (χ0n) is 22.7. The molecule has 3 aromatic heterocycles. The lowest BCUT2D eigenvalue weighted by Crippen LogP contribution is -2.33. The summed E-state index contributed by atoms with van der Waals surface area (Å²) in [5.74, 6) is 5.54. The van der Waals surface area contributed by atoms with Gasteiger partial charge in [-0.1, -0.05) is 48.8 Å². The highest BCUT2D eigenvalue weighted by Gasteiger charge is 2.22. The Morgan fingerprint density at radius 3 is 2.71 bits per heavy atom. The molecule has 0 spiro atoms. The number of carbonyl (C=O) groups excluding carboxylic acids is 2. The summed E-state index contributed by atoms with van der Waals surface area (Å²) in [4.78, 5) is 47.7.